The third-order valence-corrected chi connectivity index (χ3v) is 13.7. The van der Waals surface area contributed by atoms with E-state index in [4.69, 9.17) is 19.4 Å². The molecular weight excluding hydrogens is 795 g/mol. The first-order chi connectivity index (χ1) is 32.2. The van der Waals surface area contributed by atoms with Crippen LogP contribution in [0.15, 0.2) is 205 Å². The molecule has 15 aromatic rings. The zero-order valence-electron chi connectivity index (χ0n) is 34.7. The quantitative estimate of drug-likeness (QED) is 0.177. The predicted molar refractivity (Wildman–Crippen MR) is 267 cm³/mol. The zero-order valence-corrected chi connectivity index (χ0v) is 34.7. The van der Waals surface area contributed by atoms with E-state index in [0.29, 0.717) is 17.5 Å². The maximum atomic E-state index is 7.08. The molecule has 0 amide bonds. The lowest BCUT2D eigenvalue weighted by molar-refractivity contribution is 0.666. The van der Waals surface area contributed by atoms with Gasteiger partial charge >= 0.3 is 0 Å². The molecule has 0 aliphatic heterocycles. The first-order valence-electron chi connectivity index (χ1n) is 22.0. The second-order valence-corrected chi connectivity index (χ2v) is 17.1. The first kappa shape index (κ1) is 34.7. The van der Waals surface area contributed by atoms with E-state index in [1.807, 2.05) is 24.3 Å². The maximum absolute atomic E-state index is 7.08. The Kier molecular flexibility index (Phi) is 6.86. The van der Waals surface area contributed by atoms with Crippen LogP contribution >= 0.6 is 0 Å². The van der Waals surface area contributed by atoms with Gasteiger partial charge in [0.15, 0.2) is 23.1 Å². The monoisotopic (exact) mass is 827 g/mol. The van der Waals surface area contributed by atoms with Gasteiger partial charge < -0.3 is 13.4 Å². The van der Waals surface area contributed by atoms with Gasteiger partial charge in [0.1, 0.15) is 5.58 Å². The average Bonchev–Trinajstić information content (AvgIpc) is 4.12. The van der Waals surface area contributed by atoms with Crippen molar-refractivity contribution in [2.24, 2.45) is 0 Å². The summed E-state index contributed by atoms with van der Waals surface area (Å²) in [4.78, 5) is 15.8. The SMILES string of the molecule is c1ccc(-c2nc(-c3cccc4ccccc34)nc(-c3ccc(-n4c5cc6c(cc5c5c7ccccc7ccc54)c4cccc5c7ccccc7n6c54)c4oc5ccccc5c34)n2)cc1. The second kappa shape index (κ2) is 12.8. The molecule has 0 aliphatic rings. The summed E-state index contributed by atoms with van der Waals surface area (Å²) in [6, 6.07) is 71.2. The Balaban J connectivity index is 1.06. The number of fused-ring (bicyclic) bond motifs is 15. The number of hydrogen-bond donors (Lipinski definition) is 0. The lowest BCUT2D eigenvalue weighted by atomic mass is 10.0. The number of nitrogens with zero attached hydrogens (tertiary/aromatic N) is 5. The van der Waals surface area contributed by atoms with Gasteiger partial charge in [0.05, 0.1) is 33.3 Å². The zero-order chi connectivity index (χ0) is 42.3. The van der Waals surface area contributed by atoms with E-state index in [0.717, 1.165) is 66.1 Å². The third kappa shape index (κ3) is 4.74. The van der Waals surface area contributed by atoms with Gasteiger partial charge in [-0.15, -0.1) is 0 Å². The minimum absolute atomic E-state index is 0.581. The maximum Gasteiger partial charge on any atom is 0.164 e. The lowest BCUT2D eigenvalue weighted by Crippen LogP contribution is -2.01. The van der Waals surface area contributed by atoms with E-state index >= 15 is 0 Å². The molecule has 300 valence electrons. The van der Waals surface area contributed by atoms with Crippen molar-refractivity contribution in [1.29, 1.82) is 0 Å². The van der Waals surface area contributed by atoms with E-state index in [9.17, 15) is 0 Å². The molecule has 0 fully saturated rings. The minimum Gasteiger partial charge on any atom is -0.454 e. The van der Waals surface area contributed by atoms with Gasteiger partial charge in [-0.1, -0.05) is 158 Å². The number of para-hydroxylation sites is 3. The second-order valence-electron chi connectivity index (χ2n) is 17.1. The Morgan fingerprint density at radius 2 is 1.00 bits per heavy atom. The van der Waals surface area contributed by atoms with Crippen LogP contribution in [-0.4, -0.2) is 23.9 Å². The highest BCUT2D eigenvalue weighted by Gasteiger charge is 2.26. The number of aromatic nitrogens is 5. The molecule has 0 N–H and O–H groups in total. The predicted octanol–water partition coefficient (Wildman–Crippen LogP) is 15.3. The summed E-state index contributed by atoms with van der Waals surface area (Å²) in [5, 5.41) is 14.0. The van der Waals surface area contributed by atoms with Crippen molar-refractivity contribution in [3.63, 3.8) is 0 Å². The van der Waals surface area contributed by atoms with Gasteiger partial charge in [-0.25, -0.2) is 15.0 Å². The molecule has 5 heterocycles. The Bertz CT molecular complexity index is 4480. The minimum atomic E-state index is 0.581. The molecule has 0 saturated heterocycles. The molecule has 10 aromatic carbocycles. The largest absolute Gasteiger partial charge is 0.454 e. The average molecular weight is 828 g/mol. The molecule has 6 heteroatoms. The number of rotatable bonds is 4. The molecule has 0 saturated carbocycles. The summed E-state index contributed by atoms with van der Waals surface area (Å²) in [5.41, 5.74) is 11.1. The summed E-state index contributed by atoms with van der Waals surface area (Å²) >= 11 is 0. The fourth-order valence-electron chi connectivity index (χ4n) is 10.9. The van der Waals surface area contributed by atoms with Crippen molar-refractivity contribution in [3.05, 3.63) is 200 Å². The summed E-state index contributed by atoms with van der Waals surface area (Å²) in [6.45, 7) is 0. The van der Waals surface area contributed by atoms with Crippen molar-refractivity contribution in [2.75, 3.05) is 0 Å². The Morgan fingerprint density at radius 1 is 0.354 bits per heavy atom. The van der Waals surface area contributed by atoms with Crippen LogP contribution in [0.3, 0.4) is 0 Å². The van der Waals surface area contributed by atoms with E-state index < -0.39 is 0 Å². The molecule has 0 spiro atoms. The molecule has 0 radical (unpaired) electrons. The third-order valence-electron chi connectivity index (χ3n) is 13.7. The molecule has 65 heavy (non-hydrogen) atoms. The molecule has 15 rings (SSSR count). The molecular formula is C59H33N5O. The van der Waals surface area contributed by atoms with E-state index in [-0.39, 0.29) is 0 Å². The summed E-state index contributed by atoms with van der Waals surface area (Å²) in [7, 11) is 0. The Hall–Kier alpha value is -8.87. The van der Waals surface area contributed by atoms with E-state index in [1.165, 1.54) is 59.6 Å². The smallest absolute Gasteiger partial charge is 0.164 e. The van der Waals surface area contributed by atoms with Gasteiger partial charge in [-0.3, -0.25) is 0 Å². The van der Waals surface area contributed by atoms with Gasteiger partial charge in [0.25, 0.3) is 0 Å². The van der Waals surface area contributed by atoms with Crippen molar-refractivity contribution < 1.29 is 4.42 Å². The van der Waals surface area contributed by atoms with Crippen LogP contribution in [0.2, 0.25) is 0 Å². The van der Waals surface area contributed by atoms with Gasteiger partial charge in [-0.05, 0) is 64.0 Å². The van der Waals surface area contributed by atoms with Crippen LogP contribution in [-0.2, 0) is 0 Å². The van der Waals surface area contributed by atoms with E-state index in [2.05, 4.69) is 185 Å². The normalized spacial score (nSPS) is 12.3. The van der Waals surface area contributed by atoms with Crippen molar-refractivity contribution in [2.45, 2.75) is 0 Å². The van der Waals surface area contributed by atoms with Gasteiger partial charge in [-0.2, -0.15) is 0 Å². The van der Waals surface area contributed by atoms with Crippen LogP contribution in [0.25, 0.3) is 143 Å². The van der Waals surface area contributed by atoms with Crippen LogP contribution in [0.1, 0.15) is 0 Å². The highest BCUT2D eigenvalue weighted by Crippen LogP contribution is 2.47. The number of hydrogen-bond acceptors (Lipinski definition) is 4. The number of furan rings is 1. The van der Waals surface area contributed by atoms with Crippen LogP contribution < -0.4 is 0 Å². The molecule has 5 aromatic heterocycles. The highest BCUT2D eigenvalue weighted by atomic mass is 16.3. The number of benzene rings is 10. The van der Waals surface area contributed by atoms with Crippen LogP contribution in [0, 0.1) is 0 Å². The molecule has 0 aliphatic carbocycles. The lowest BCUT2D eigenvalue weighted by Gasteiger charge is -2.13. The van der Waals surface area contributed by atoms with Crippen molar-refractivity contribution >= 4 is 103 Å². The molecule has 0 bridgehead atoms. The van der Waals surface area contributed by atoms with E-state index in [1.54, 1.807) is 0 Å². The Labute approximate surface area is 370 Å². The standard InChI is InChI=1S/C59H33N5O/c1-2-16-36(17-3-1)57-60-58(42-25-12-18-34-14-4-6-19-37(34)42)62-59(61-57)44-29-31-49(56-54(44)43-22-9-11-27-52(43)65-56)63-48-30-28-35-15-5-7-20-38(35)53(48)46-32-45-41-24-13-23-40-39-21-8-10-26-47(39)64(55(40)41)50(45)33-51(46)63/h1-33H. The highest BCUT2D eigenvalue weighted by molar-refractivity contribution is 6.29. The summed E-state index contributed by atoms with van der Waals surface area (Å²) in [5.74, 6) is 1.81. The van der Waals surface area contributed by atoms with Crippen LogP contribution in [0.5, 0.6) is 0 Å². The molecule has 0 atom stereocenters. The first-order valence-corrected chi connectivity index (χ1v) is 22.0. The van der Waals surface area contributed by atoms with Gasteiger partial charge in [0.2, 0.25) is 0 Å². The summed E-state index contributed by atoms with van der Waals surface area (Å²) in [6.07, 6.45) is 0. The van der Waals surface area contributed by atoms with Crippen molar-refractivity contribution in [3.8, 4) is 39.9 Å². The summed E-state index contributed by atoms with van der Waals surface area (Å²) < 4.78 is 12.0. The molecule has 6 nitrogen and oxygen atoms in total. The fraction of sp³-hybridized carbons (Fsp3) is 0. The van der Waals surface area contributed by atoms with Gasteiger partial charge in [0, 0.05) is 59.8 Å². The molecule has 0 unspecified atom stereocenters. The van der Waals surface area contributed by atoms with Crippen LogP contribution in [0.4, 0.5) is 0 Å². The topological polar surface area (TPSA) is 61.2 Å². The van der Waals surface area contributed by atoms with Crippen molar-refractivity contribution in [1.82, 2.24) is 23.9 Å². The Morgan fingerprint density at radius 3 is 1.86 bits per heavy atom. The fourth-order valence-corrected chi connectivity index (χ4v) is 10.9.